The summed E-state index contributed by atoms with van der Waals surface area (Å²) in [5.41, 5.74) is 3.17. The van der Waals surface area contributed by atoms with Crippen LogP contribution in [0.3, 0.4) is 0 Å². The molecule has 0 radical (unpaired) electrons. The van der Waals surface area contributed by atoms with Gasteiger partial charge in [-0.3, -0.25) is 4.79 Å². The maximum Gasteiger partial charge on any atom is 0.250 e. The maximum atomic E-state index is 11.5. The van der Waals surface area contributed by atoms with Gasteiger partial charge in [-0.05, 0) is 29.9 Å². The number of halogens is 1. The molecule has 0 saturated heterocycles. The Bertz CT molecular complexity index is 898. The number of fused-ring (bicyclic) bond motifs is 1. The molecule has 0 unspecified atom stereocenters. The molecule has 3 heterocycles. The minimum atomic E-state index is 0.0125. The number of rotatable bonds is 2. The van der Waals surface area contributed by atoms with Gasteiger partial charge in [-0.2, -0.15) is 5.10 Å². The van der Waals surface area contributed by atoms with Crippen LogP contribution >= 0.6 is 11.6 Å². The molecule has 6 heteroatoms. The van der Waals surface area contributed by atoms with E-state index < -0.39 is 0 Å². The highest BCUT2D eigenvalue weighted by atomic mass is 35.5. The largest absolute Gasteiger partial charge is 0.318 e. The highest BCUT2D eigenvalue weighted by Crippen LogP contribution is 2.55. The molecule has 0 spiro atoms. The summed E-state index contributed by atoms with van der Waals surface area (Å²) in [5.74, 6) is 0.795. The number of aromatic nitrogens is 4. The van der Waals surface area contributed by atoms with Crippen molar-refractivity contribution in [3.8, 4) is 0 Å². The Kier molecular flexibility index (Phi) is 2.65. The molecule has 0 aliphatic heterocycles. The van der Waals surface area contributed by atoms with Gasteiger partial charge < -0.3 is 4.57 Å². The van der Waals surface area contributed by atoms with Crippen LogP contribution in [0.1, 0.15) is 29.4 Å². The van der Waals surface area contributed by atoms with Crippen molar-refractivity contribution in [1.29, 1.82) is 0 Å². The maximum absolute atomic E-state index is 11.5. The van der Waals surface area contributed by atoms with Crippen molar-refractivity contribution in [2.24, 2.45) is 7.05 Å². The molecule has 0 N–H and O–H groups in total. The third-order valence-corrected chi connectivity index (χ3v) is 4.27. The first-order chi connectivity index (χ1) is 10.1. The van der Waals surface area contributed by atoms with E-state index in [2.05, 4.69) is 10.1 Å². The average molecular weight is 301 g/mol. The third-order valence-electron chi connectivity index (χ3n) is 4.08. The van der Waals surface area contributed by atoms with Crippen molar-refractivity contribution in [2.45, 2.75) is 18.3 Å². The molecule has 0 amide bonds. The summed E-state index contributed by atoms with van der Waals surface area (Å²) in [6, 6.07) is 5.43. The van der Waals surface area contributed by atoms with E-state index in [0.717, 1.165) is 17.6 Å². The van der Waals surface area contributed by atoms with Crippen molar-refractivity contribution < 1.29 is 0 Å². The van der Waals surface area contributed by atoms with E-state index >= 15 is 0 Å². The molecule has 3 aromatic rings. The smallest absolute Gasteiger partial charge is 0.250 e. The van der Waals surface area contributed by atoms with Crippen LogP contribution in [-0.2, 0) is 7.05 Å². The zero-order valence-corrected chi connectivity index (χ0v) is 12.2. The molecular formula is C15H13ClN4O. The first-order valence-electron chi connectivity index (χ1n) is 6.80. The Balaban J connectivity index is 1.73. The van der Waals surface area contributed by atoms with Gasteiger partial charge in [0.15, 0.2) is 5.65 Å². The number of hydrogen-bond acceptors (Lipinski definition) is 3. The van der Waals surface area contributed by atoms with Crippen LogP contribution in [0, 0.1) is 0 Å². The van der Waals surface area contributed by atoms with Gasteiger partial charge >= 0.3 is 0 Å². The highest BCUT2D eigenvalue weighted by Gasteiger charge is 2.41. The molecule has 106 valence electrons. The predicted molar refractivity (Wildman–Crippen MR) is 79.8 cm³/mol. The minimum Gasteiger partial charge on any atom is -0.318 e. The second kappa shape index (κ2) is 4.43. The molecule has 21 heavy (non-hydrogen) atoms. The van der Waals surface area contributed by atoms with E-state index in [1.54, 1.807) is 34.6 Å². The summed E-state index contributed by atoms with van der Waals surface area (Å²) in [6.07, 6.45) is 6.49. The second-order valence-corrected chi connectivity index (χ2v) is 5.87. The quantitative estimate of drug-likeness (QED) is 0.730. The van der Waals surface area contributed by atoms with Gasteiger partial charge in [-0.25, -0.2) is 9.50 Å². The summed E-state index contributed by atoms with van der Waals surface area (Å²) in [7, 11) is 1.78. The van der Waals surface area contributed by atoms with Crippen molar-refractivity contribution in [3.63, 3.8) is 0 Å². The number of imidazole rings is 1. The van der Waals surface area contributed by atoms with Crippen molar-refractivity contribution >= 4 is 17.2 Å². The summed E-state index contributed by atoms with van der Waals surface area (Å²) in [5, 5.41) is 4.68. The Morgan fingerprint density at radius 1 is 1.33 bits per heavy atom. The molecular weight excluding hydrogens is 288 g/mol. The van der Waals surface area contributed by atoms with Gasteiger partial charge in [0, 0.05) is 37.3 Å². The number of nitrogens with zero attached hydrogens (tertiary/aromatic N) is 4. The molecule has 1 aliphatic carbocycles. The lowest BCUT2D eigenvalue weighted by atomic mass is 10.1. The summed E-state index contributed by atoms with van der Waals surface area (Å²) >= 11 is 6.09. The normalized spacial score (nSPS) is 20.9. The Morgan fingerprint density at radius 2 is 2.19 bits per heavy atom. The molecule has 1 saturated carbocycles. The SMILES string of the molecule is Cn1cc([C@H]2C[C@@H]2c2cc(Cl)nn3ccnc23)ccc1=O. The molecule has 4 rings (SSSR count). The van der Waals surface area contributed by atoms with Gasteiger partial charge in [0.05, 0.1) is 0 Å². The van der Waals surface area contributed by atoms with Crippen LogP contribution < -0.4 is 5.56 Å². The van der Waals surface area contributed by atoms with Crippen LogP contribution in [-0.4, -0.2) is 19.2 Å². The first-order valence-corrected chi connectivity index (χ1v) is 7.17. The fourth-order valence-electron chi connectivity index (χ4n) is 2.92. The van der Waals surface area contributed by atoms with E-state index in [1.165, 1.54) is 5.56 Å². The van der Waals surface area contributed by atoms with E-state index in [0.29, 0.717) is 17.0 Å². The van der Waals surface area contributed by atoms with Crippen molar-refractivity contribution in [2.75, 3.05) is 0 Å². The summed E-state index contributed by atoms with van der Waals surface area (Å²) < 4.78 is 3.34. The van der Waals surface area contributed by atoms with Crippen LogP contribution in [0.15, 0.2) is 41.6 Å². The Morgan fingerprint density at radius 3 is 3.00 bits per heavy atom. The van der Waals surface area contributed by atoms with Gasteiger partial charge in [0.25, 0.3) is 0 Å². The number of aryl methyl sites for hydroxylation is 1. The second-order valence-electron chi connectivity index (χ2n) is 5.48. The average Bonchev–Trinajstić information content (AvgIpc) is 3.11. The minimum absolute atomic E-state index is 0.0125. The fraction of sp³-hybridized carbons (Fsp3) is 0.267. The van der Waals surface area contributed by atoms with Crippen LogP contribution in [0.2, 0.25) is 5.15 Å². The fourth-order valence-corrected chi connectivity index (χ4v) is 3.12. The molecule has 3 aromatic heterocycles. The number of hydrogen-bond donors (Lipinski definition) is 0. The van der Waals surface area contributed by atoms with Crippen molar-refractivity contribution in [3.05, 3.63) is 63.4 Å². The Labute approximate surface area is 125 Å². The molecule has 1 fully saturated rings. The van der Waals surface area contributed by atoms with Crippen LogP contribution in [0.4, 0.5) is 0 Å². The molecule has 5 nitrogen and oxygen atoms in total. The molecule has 2 atom stereocenters. The van der Waals surface area contributed by atoms with Gasteiger partial charge in [0.2, 0.25) is 5.56 Å². The van der Waals surface area contributed by atoms with E-state index in [-0.39, 0.29) is 5.56 Å². The van der Waals surface area contributed by atoms with E-state index in [9.17, 15) is 4.79 Å². The van der Waals surface area contributed by atoms with Crippen molar-refractivity contribution in [1.82, 2.24) is 19.2 Å². The lowest BCUT2D eigenvalue weighted by Gasteiger charge is -2.05. The molecule has 0 aromatic carbocycles. The lowest BCUT2D eigenvalue weighted by Crippen LogP contribution is -2.14. The monoisotopic (exact) mass is 300 g/mol. The van der Waals surface area contributed by atoms with Gasteiger partial charge in [-0.15, -0.1) is 0 Å². The summed E-state index contributed by atoms with van der Waals surface area (Å²) in [4.78, 5) is 15.8. The topological polar surface area (TPSA) is 52.2 Å². The van der Waals surface area contributed by atoms with E-state index in [4.69, 9.17) is 11.6 Å². The van der Waals surface area contributed by atoms with Gasteiger partial charge in [-0.1, -0.05) is 17.7 Å². The standard InChI is InChI=1S/C15H13ClN4O/c1-19-8-9(2-3-14(19)21)10-6-11(10)12-7-13(16)18-20-5-4-17-15(12)20/h2-5,7-8,10-11H,6H2,1H3/t10-,11+/m1/s1. The summed E-state index contributed by atoms with van der Waals surface area (Å²) in [6.45, 7) is 0. The highest BCUT2D eigenvalue weighted by molar-refractivity contribution is 6.29. The lowest BCUT2D eigenvalue weighted by molar-refractivity contribution is 0.834. The Hall–Kier alpha value is -2.14. The van der Waals surface area contributed by atoms with Crippen LogP contribution in [0.5, 0.6) is 0 Å². The molecule has 0 bridgehead atoms. The van der Waals surface area contributed by atoms with E-state index in [1.807, 2.05) is 18.3 Å². The first kappa shape index (κ1) is 12.6. The van der Waals surface area contributed by atoms with Gasteiger partial charge in [0.1, 0.15) is 5.15 Å². The molecule has 1 aliphatic rings. The van der Waals surface area contributed by atoms with Crippen LogP contribution in [0.25, 0.3) is 5.65 Å². The number of pyridine rings is 1. The zero-order valence-electron chi connectivity index (χ0n) is 11.4. The third kappa shape index (κ3) is 2.05. The predicted octanol–water partition coefficient (Wildman–Crippen LogP) is 2.35. The zero-order chi connectivity index (χ0) is 14.6.